The second-order valence-corrected chi connectivity index (χ2v) is 8.11. The molecule has 1 amide bonds. The van der Waals surface area contributed by atoms with Crippen molar-refractivity contribution in [3.63, 3.8) is 0 Å². The smallest absolute Gasteiger partial charge is 0.243 e. The van der Waals surface area contributed by atoms with Crippen molar-refractivity contribution in [1.82, 2.24) is 25.3 Å². The first-order valence-electron chi connectivity index (χ1n) is 10.5. The van der Waals surface area contributed by atoms with E-state index in [4.69, 9.17) is 0 Å². The summed E-state index contributed by atoms with van der Waals surface area (Å²) in [7, 11) is 3.53. The molecule has 1 heterocycles. The Morgan fingerprint density at radius 1 is 1.18 bits per heavy atom. The maximum absolute atomic E-state index is 11.9. The molecule has 2 N–H and O–H groups in total. The van der Waals surface area contributed by atoms with Crippen LogP contribution in [-0.2, 0) is 4.79 Å². The number of rotatable bonds is 10. The first-order valence-corrected chi connectivity index (χ1v) is 10.5. The highest BCUT2D eigenvalue weighted by atomic mass is 127. The van der Waals surface area contributed by atoms with Gasteiger partial charge in [-0.15, -0.1) is 24.0 Å². The van der Waals surface area contributed by atoms with E-state index in [1.165, 1.54) is 19.4 Å². The van der Waals surface area contributed by atoms with Crippen LogP contribution in [-0.4, -0.2) is 98.1 Å². The number of aliphatic imine (C=N–C) groups is 1. The van der Waals surface area contributed by atoms with Gasteiger partial charge in [-0.05, 0) is 53.6 Å². The van der Waals surface area contributed by atoms with E-state index in [0.29, 0.717) is 18.1 Å². The van der Waals surface area contributed by atoms with E-state index in [0.717, 1.165) is 32.1 Å². The molecule has 0 aromatic heterocycles. The monoisotopic (exact) mass is 510 g/mol. The van der Waals surface area contributed by atoms with E-state index in [1.54, 1.807) is 19.0 Å². The number of carbonyl (C=O) groups excluding carboxylic acids is 1. The molecule has 0 aromatic rings. The van der Waals surface area contributed by atoms with Crippen LogP contribution in [0.15, 0.2) is 4.99 Å². The average molecular weight is 511 g/mol. The number of halogens is 1. The van der Waals surface area contributed by atoms with Crippen molar-refractivity contribution in [1.29, 1.82) is 0 Å². The second-order valence-electron chi connectivity index (χ2n) is 8.11. The Hall–Kier alpha value is -0.610. The molecule has 1 rings (SSSR count). The largest absolute Gasteiger partial charge is 0.355 e. The second kappa shape index (κ2) is 14.4. The van der Waals surface area contributed by atoms with Crippen LogP contribution >= 0.6 is 24.0 Å². The molecule has 8 heteroatoms. The molecule has 0 spiro atoms. The summed E-state index contributed by atoms with van der Waals surface area (Å²) in [6, 6.07) is 1.56. The summed E-state index contributed by atoms with van der Waals surface area (Å²) in [4.78, 5) is 23.0. The molecule has 1 aliphatic rings. The number of amides is 1. The minimum Gasteiger partial charge on any atom is -0.355 e. The van der Waals surface area contributed by atoms with E-state index in [2.05, 4.69) is 60.0 Å². The van der Waals surface area contributed by atoms with Gasteiger partial charge < -0.3 is 15.5 Å². The van der Waals surface area contributed by atoms with Gasteiger partial charge in [-0.25, -0.2) is 4.99 Å². The van der Waals surface area contributed by atoms with Crippen molar-refractivity contribution in [2.75, 3.05) is 53.4 Å². The van der Waals surface area contributed by atoms with E-state index in [-0.39, 0.29) is 36.4 Å². The maximum Gasteiger partial charge on any atom is 0.243 e. The van der Waals surface area contributed by atoms with E-state index in [1.807, 2.05) is 0 Å². The lowest BCUT2D eigenvalue weighted by Gasteiger charge is -2.31. The van der Waals surface area contributed by atoms with Crippen molar-refractivity contribution in [3.05, 3.63) is 0 Å². The highest BCUT2D eigenvalue weighted by Gasteiger charge is 2.23. The zero-order valence-electron chi connectivity index (χ0n) is 19.0. The lowest BCUT2D eigenvalue weighted by atomic mass is 10.2. The van der Waals surface area contributed by atoms with Crippen LogP contribution in [0.25, 0.3) is 0 Å². The Labute approximate surface area is 189 Å². The zero-order valence-corrected chi connectivity index (χ0v) is 21.3. The fourth-order valence-electron chi connectivity index (χ4n) is 3.64. The Bertz CT molecular complexity index is 462. The molecule has 1 atom stereocenters. The molecular weight excluding hydrogens is 467 g/mol. The molecule has 7 nitrogen and oxygen atoms in total. The lowest BCUT2D eigenvalue weighted by molar-refractivity contribution is -0.127. The van der Waals surface area contributed by atoms with Crippen LogP contribution in [0.4, 0.5) is 0 Å². The third kappa shape index (κ3) is 9.73. The van der Waals surface area contributed by atoms with Crippen LogP contribution in [0.3, 0.4) is 0 Å². The first kappa shape index (κ1) is 27.4. The van der Waals surface area contributed by atoms with Crippen LogP contribution in [0.2, 0.25) is 0 Å². The summed E-state index contributed by atoms with van der Waals surface area (Å²) in [6.45, 7) is 16.2. The van der Waals surface area contributed by atoms with Gasteiger partial charge in [0, 0.05) is 51.9 Å². The van der Waals surface area contributed by atoms with Gasteiger partial charge in [-0.2, -0.15) is 0 Å². The summed E-state index contributed by atoms with van der Waals surface area (Å²) in [5.74, 6) is 0.749. The number of carbonyl (C=O) groups is 1. The molecule has 1 saturated heterocycles. The van der Waals surface area contributed by atoms with Gasteiger partial charge in [0.1, 0.15) is 6.54 Å². The third-order valence-electron chi connectivity index (χ3n) is 5.27. The SMILES string of the molecule is CCN1CCCC1CNC(=NCC(=O)N(C)C)NCCN(C(C)C)C(C)C.I. The lowest BCUT2D eigenvalue weighted by Crippen LogP contribution is -2.48. The van der Waals surface area contributed by atoms with Crippen LogP contribution in [0, 0.1) is 0 Å². The zero-order chi connectivity index (χ0) is 20.4. The normalized spacial score (nSPS) is 17.9. The number of nitrogens with one attached hydrogen (secondary N) is 2. The quantitative estimate of drug-likeness (QED) is 0.267. The fourth-order valence-corrected chi connectivity index (χ4v) is 3.64. The summed E-state index contributed by atoms with van der Waals surface area (Å²) < 4.78 is 0. The summed E-state index contributed by atoms with van der Waals surface area (Å²) in [5.41, 5.74) is 0. The molecule has 1 aliphatic heterocycles. The van der Waals surface area contributed by atoms with Gasteiger partial charge in [-0.1, -0.05) is 6.92 Å². The molecule has 0 aromatic carbocycles. The van der Waals surface area contributed by atoms with Crippen LogP contribution < -0.4 is 10.6 Å². The Kier molecular flexibility index (Phi) is 14.1. The van der Waals surface area contributed by atoms with Crippen LogP contribution in [0.1, 0.15) is 47.5 Å². The minimum atomic E-state index is 0. The molecule has 0 aliphatic carbocycles. The van der Waals surface area contributed by atoms with E-state index < -0.39 is 0 Å². The van der Waals surface area contributed by atoms with Crippen molar-refractivity contribution < 1.29 is 4.79 Å². The highest BCUT2D eigenvalue weighted by Crippen LogP contribution is 2.15. The molecule has 1 fully saturated rings. The summed E-state index contributed by atoms with van der Waals surface area (Å²) in [6.07, 6.45) is 2.48. The first-order chi connectivity index (χ1) is 12.8. The third-order valence-corrected chi connectivity index (χ3v) is 5.27. The van der Waals surface area contributed by atoms with Gasteiger partial charge in [-0.3, -0.25) is 14.6 Å². The predicted molar refractivity (Wildman–Crippen MR) is 130 cm³/mol. The molecular formula is C20H43IN6O. The Balaban J connectivity index is 0.00000729. The van der Waals surface area contributed by atoms with Gasteiger partial charge in [0.2, 0.25) is 5.91 Å². The molecule has 166 valence electrons. The van der Waals surface area contributed by atoms with Crippen LogP contribution in [0.5, 0.6) is 0 Å². The number of likely N-dealkylation sites (N-methyl/N-ethyl adjacent to an activating group) is 2. The molecule has 1 unspecified atom stereocenters. The molecule has 28 heavy (non-hydrogen) atoms. The maximum atomic E-state index is 11.9. The van der Waals surface area contributed by atoms with Crippen molar-refractivity contribution in [2.24, 2.45) is 4.99 Å². The number of likely N-dealkylation sites (tertiary alicyclic amines) is 1. The number of guanidine groups is 1. The van der Waals surface area contributed by atoms with E-state index >= 15 is 0 Å². The van der Waals surface area contributed by atoms with E-state index in [9.17, 15) is 4.79 Å². The van der Waals surface area contributed by atoms with Gasteiger partial charge in [0.25, 0.3) is 0 Å². The van der Waals surface area contributed by atoms with Crippen molar-refractivity contribution in [3.8, 4) is 0 Å². The standard InChI is InChI=1S/C20H42N6O.HI/c1-8-25-12-9-10-18(25)14-22-20(23-15-19(27)24(6)7)21-11-13-26(16(2)3)17(4)5;/h16-18H,8-15H2,1-7H3,(H2,21,22,23);1H. The Morgan fingerprint density at radius 3 is 2.36 bits per heavy atom. The molecule has 0 radical (unpaired) electrons. The number of hydrogen-bond acceptors (Lipinski definition) is 4. The molecule has 0 saturated carbocycles. The number of nitrogens with zero attached hydrogens (tertiary/aromatic N) is 4. The summed E-state index contributed by atoms with van der Waals surface area (Å²) in [5, 5.41) is 6.88. The van der Waals surface area contributed by atoms with Gasteiger partial charge >= 0.3 is 0 Å². The molecule has 0 bridgehead atoms. The predicted octanol–water partition coefficient (Wildman–Crippen LogP) is 1.83. The Morgan fingerprint density at radius 2 is 1.82 bits per heavy atom. The fraction of sp³-hybridized carbons (Fsp3) is 0.900. The van der Waals surface area contributed by atoms with Crippen molar-refractivity contribution in [2.45, 2.75) is 65.6 Å². The summed E-state index contributed by atoms with van der Waals surface area (Å²) >= 11 is 0. The van der Waals surface area contributed by atoms with Gasteiger partial charge in [0.05, 0.1) is 0 Å². The van der Waals surface area contributed by atoms with Gasteiger partial charge in [0.15, 0.2) is 5.96 Å². The minimum absolute atomic E-state index is 0. The van der Waals surface area contributed by atoms with Crippen molar-refractivity contribution >= 4 is 35.8 Å². The topological polar surface area (TPSA) is 63.2 Å². The highest BCUT2D eigenvalue weighted by molar-refractivity contribution is 14.0. The average Bonchev–Trinajstić information content (AvgIpc) is 3.06. The number of hydrogen-bond donors (Lipinski definition) is 2.